The van der Waals surface area contributed by atoms with Crippen molar-refractivity contribution in [1.82, 2.24) is 0 Å². The summed E-state index contributed by atoms with van der Waals surface area (Å²) in [4.78, 5) is 0. The molecule has 2 rings (SSSR count). The topological polar surface area (TPSA) is 26.3 Å². The van der Waals surface area contributed by atoms with Crippen LogP contribution in [0.15, 0.2) is 77.8 Å². The van der Waals surface area contributed by atoms with E-state index in [9.17, 15) is 4.57 Å². The molecule has 0 aliphatic carbocycles. The zero-order chi connectivity index (χ0) is 20.8. The van der Waals surface area contributed by atoms with Gasteiger partial charge in [-0.15, -0.1) is 5.73 Å². The fourth-order valence-corrected chi connectivity index (χ4v) is 6.71. The summed E-state index contributed by atoms with van der Waals surface area (Å²) in [6.07, 6.45) is 2.47. The van der Waals surface area contributed by atoms with E-state index in [1.807, 2.05) is 73.7 Å². The third-order valence-electron chi connectivity index (χ3n) is 5.54. The molecule has 0 aliphatic rings. The van der Waals surface area contributed by atoms with Gasteiger partial charge in [0.25, 0.3) is 0 Å². The van der Waals surface area contributed by atoms with Crippen molar-refractivity contribution in [3.05, 3.63) is 77.8 Å². The zero-order valence-corrected chi connectivity index (χ0v) is 19.9. The van der Waals surface area contributed by atoms with Crippen molar-refractivity contribution in [2.75, 3.05) is 6.61 Å². The maximum atomic E-state index is 14.5. The molecule has 0 N–H and O–H groups in total. The highest BCUT2D eigenvalue weighted by Crippen LogP contribution is 2.52. The summed E-state index contributed by atoms with van der Waals surface area (Å²) in [5, 5.41) is 2.67. The van der Waals surface area contributed by atoms with Crippen LogP contribution in [-0.4, -0.2) is 14.9 Å². The predicted molar refractivity (Wildman–Crippen MR) is 125 cm³/mol. The van der Waals surface area contributed by atoms with Crippen molar-refractivity contribution in [3.63, 3.8) is 0 Å². The van der Waals surface area contributed by atoms with E-state index >= 15 is 0 Å². The van der Waals surface area contributed by atoms with Gasteiger partial charge in [0.15, 0.2) is 15.5 Å². The van der Waals surface area contributed by atoms with E-state index in [2.05, 4.69) is 39.6 Å². The second-order valence-corrected chi connectivity index (χ2v) is 16.1. The summed E-state index contributed by atoms with van der Waals surface area (Å²) in [6, 6.07) is 19.5. The second-order valence-electron chi connectivity index (χ2n) is 8.52. The number of hydrogen-bond donors (Lipinski definition) is 0. The van der Waals surface area contributed by atoms with Crippen LogP contribution < -0.4 is 10.6 Å². The Balaban J connectivity index is 2.43. The Morgan fingerprint density at radius 3 is 1.86 bits per heavy atom. The number of rotatable bonds is 7. The van der Waals surface area contributed by atoms with Gasteiger partial charge in [0.1, 0.15) is 0 Å². The number of benzene rings is 2. The quantitative estimate of drug-likeness (QED) is 0.296. The van der Waals surface area contributed by atoms with E-state index in [-0.39, 0.29) is 5.04 Å². The van der Waals surface area contributed by atoms with Gasteiger partial charge in [-0.2, -0.15) is 0 Å². The molecule has 150 valence electrons. The van der Waals surface area contributed by atoms with Gasteiger partial charge < -0.3 is 8.99 Å². The second kappa shape index (κ2) is 9.24. The van der Waals surface area contributed by atoms with E-state index in [0.29, 0.717) is 13.0 Å². The monoisotopic (exact) mass is 412 g/mol. The van der Waals surface area contributed by atoms with Crippen molar-refractivity contribution in [2.24, 2.45) is 0 Å². The Labute approximate surface area is 171 Å². The van der Waals surface area contributed by atoms with Crippen molar-refractivity contribution < 1.29 is 8.99 Å². The van der Waals surface area contributed by atoms with Crippen LogP contribution in [0.2, 0.25) is 18.1 Å². The smallest absolute Gasteiger partial charge is 0.191 e. The van der Waals surface area contributed by atoms with Gasteiger partial charge in [-0.3, -0.25) is 0 Å². The first-order valence-corrected chi connectivity index (χ1v) is 14.5. The molecule has 0 aliphatic heterocycles. The Bertz CT molecular complexity index is 830. The lowest BCUT2D eigenvalue weighted by molar-refractivity contribution is 0.293. The summed E-state index contributed by atoms with van der Waals surface area (Å²) in [6.45, 7) is 13.7. The van der Waals surface area contributed by atoms with Gasteiger partial charge in [0.2, 0.25) is 0 Å². The molecule has 0 fully saturated rings. The van der Waals surface area contributed by atoms with Crippen molar-refractivity contribution in [3.8, 4) is 0 Å². The highest BCUT2D eigenvalue weighted by atomic mass is 31.2. The molecular formula is C24H33O2PSi. The lowest BCUT2D eigenvalue weighted by Crippen LogP contribution is -2.41. The SMILES string of the molecule is CC=C=C(CCO[Si](C)(C)C(C)(C)C)P(=O)(c1ccccc1)c1ccccc1. The van der Waals surface area contributed by atoms with Gasteiger partial charge in [0.05, 0.1) is 0 Å². The van der Waals surface area contributed by atoms with Gasteiger partial charge in [0, 0.05) is 29.0 Å². The lowest BCUT2D eigenvalue weighted by Gasteiger charge is -2.36. The Morgan fingerprint density at radius 1 is 1.00 bits per heavy atom. The molecule has 0 atom stereocenters. The summed E-state index contributed by atoms with van der Waals surface area (Å²) in [7, 11) is -4.82. The number of hydrogen-bond acceptors (Lipinski definition) is 2. The molecule has 0 bridgehead atoms. The van der Waals surface area contributed by atoms with Crippen LogP contribution >= 0.6 is 7.14 Å². The van der Waals surface area contributed by atoms with E-state index < -0.39 is 15.5 Å². The van der Waals surface area contributed by atoms with Crippen LogP contribution in [0.1, 0.15) is 34.1 Å². The predicted octanol–water partition coefficient (Wildman–Crippen LogP) is 6.47. The molecule has 0 saturated carbocycles. The first-order valence-electron chi connectivity index (χ1n) is 9.89. The summed E-state index contributed by atoms with van der Waals surface area (Å²) >= 11 is 0. The third kappa shape index (κ3) is 5.04. The normalized spacial score (nSPS) is 12.4. The zero-order valence-electron chi connectivity index (χ0n) is 18.0. The van der Waals surface area contributed by atoms with Crippen molar-refractivity contribution >= 4 is 26.1 Å². The van der Waals surface area contributed by atoms with Gasteiger partial charge in [-0.25, -0.2) is 0 Å². The van der Waals surface area contributed by atoms with Crippen LogP contribution in [0.3, 0.4) is 0 Å². The maximum Gasteiger partial charge on any atom is 0.191 e. The van der Waals surface area contributed by atoms with E-state index in [1.54, 1.807) is 0 Å². The average molecular weight is 413 g/mol. The van der Waals surface area contributed by atoms with E-state index in [4.69, 9.17) is 4.43 Å². The molecule has 0 amide bonds. The first kappa shape index (κ1) is 22.7. The third-order valence-corrected chi connectivity index (χ3v) is 13.2. The summed E-state index contributed by atoms with van der Waals surface area (Å²) < 4.78 is 20.9. The summed E-state index contributed by atoms with van der Waals surface area (Å²) in [5.41, 5.74) is 3.31. The van der Waals surface area contributed by atoms with Gasteiger partial charge in [-0.1, -0.05) is 81.4 Å². The average Bonchev–Trinajstić information content (AvgIpc) is 2.67. The van der Waals surface area contributed by atoms with Crippen LogP contribution in [0.5, 0.6) is 0 Å². The van der Waals surface area contributed by atoms with E-state index in [1.165, 1.54) is 0 Å². The molecule has 4 heteroatoms. The maximum absolute atomic E-state index is 14.5. The van der Waals surface area contributed by atoms with Gasteiger partial charge >= 0.3 is 0 Å². The molecule has 0 radical (unpaired) electrons. The minimum absolute atomic E-state index is 0.153. The van der Waals surface area contributed by atoms with Crippen molar-refractivity contribution in [2.45, 2.75) is 52.2 Å². The van der Waals surface area contributed by atoms with Gasteiger partial charge in [-0.05, 0) is 31.1 Å². The molecule has 0 heterocycles. The molecule has 0 unspecified atom stereocenters. The molecular weight excluding hydrogens is 379 g/mol. The molecule has 0 saturated heterocycles. The Kier molecular flexibility index (Phi) is 7.48. The minimum atomic E-state index is -2.96. The molecule has 0 aromatic heterocycles. The largest absolute Gasteiger partial charge is 0.416 e. The lowest BCUT2D eigenvalue weighted by atomic mass is 10.2. The molecule has 2 aromatic carbocycles. The van der Waals surface area contributed by atoms with Crippen LogP contribution in [0.4, 0.5) is 0 Å². The van der Waals surface area contributed by atoms with Crippen LogP contribution in [0.25, 0.3) is 0 Å². The van der Waals surface area contributed by atoms with E-state index in [0.717, 1.165) is 15.9 Å². The minimum Gasteiger partial charge on any atom is -0.416 e. The highest BCUT2D eigenvalue weighted by molar-refractivity contribution is 7.82. The molecule has 2 nitrogen and oxygen atoms in total. The molecule has 28 heavy (non-hydrogen) atoms. The fraction of sp³-hybridized carbons (Fsp3) is 0.375. The fourth-order valence-electron chi connectivity index (χ4n) is 2.84. The Morgan fingerprint density at radius 2 is 1.46 bits per heavy atom. The summed E-state index contributed by atoms with van der Waals surface area (Å²) in [5.74, 6) is 0. The molecule has 0 spiro atoms. The van der Waals surface area contributed by atoms with Crippen LogP contribution in [-0.2, 0) is 8.99 Å². The molecule has 2 aromatic rings. The first-order chi connectivity index (χ1) is 13.1. The van der Waals surface area contributed by atoms with Crippen LogP contribution in [0, 0.1) is 0 Å². The Hall–Kier alpha value is -1.63. The standard InChI is InChI=1S/C24H33O2PSi/c1-7-14-21(19-20-26-28(5,6)24(2,3)4)27(25,22-15-10-8-11-16-22)23-17-12-9-13-18-23/h7-13,15-18H,19-20H2,1-6H3. The van der Waals surface area contributed by atoms with Crippen molar-refractivity contribution in [1.29, 1.82) is 0 Å². The highest BCUT2D eigenvalue weighted by Gasteiger charge is 2.38.